The van der Waals surface area contributed by atoms with Crippen molar-refractivity contribution in [3.63, 3.8) is 0 Å². The highest BCUT2D eigenvalue weighted by molar-refractivity contribution is 5.89. The molecule has 4 N–H and O–H groups in total. The fourth-order valence-electron chi connectivity index (χ4n) is 1.17. The van der Waals surface area contributed by atoms with E-state index in [-0.39, 0.29) is 0 Å². The van der Waals surface area contributed by atoms with Crippen molar-refractivity contribution in [2.45, 2.75) is 0 Å². The van der Waals surface area contributed by atoms with Gasteiger partial charge in [-0.25, -0.2) is 0 Å². The molecule has 0 radical (unpaired) electrons. The van der Waals surface area contributed by atoms with E-state index in [1.165, 1.54) is 0 Å². The molecule has 0 aliphatic rings. The molecular formula is C9H9N3. The number of nitrogen functional groups attached to an aromatic ring is 2. The summed E-state index contributed by atoms with van der Waals surface area (Å²) in [7, 11) is 0. The van der Waals surface area contributed by atoms with Gasteiger partial charge in [0.2, 0.25) is 0 Å². The molecule has 0 atom stereocenters. The molecule has 0 amide bonds. The van der Waals surface area contributed by atoms with Crippen LogP contribution in [-0.2, 0) is 0 Å². The lowest BCUT2D eigenvalue weighted by Gasteiger charge is -2.01. The normalized spacial score (nSPS) is 10.3. The first-order chi connectivity index (χ1) is 5.77. The Morgan fingerprint density at radius 3 is 2.42 bits per heavy atom. The molecule has 2 rings (SSSR count). The van der Waals surface area contributed by atoms with Crippen LogP contribution >= 0.6 is 0 Å². The first-order valence-electron chi connectivity index (χ1n) is 3.66. The number of fused-ring (bicyclic) bond motifs is 1. The van der Waals surface area contributed by atoms with Gasteiger partial charge in [-0.2, -0.15) is 0 Å². The van der Waals surface area contributed by atoms with Gasteiger partial charge in [0.1, 0.15) is 0 Å². The van der Waals surface area contributed by atoms with E-state index >= 15 is 0 Å². The fourth-order valence-corrected chi connectivity index (χ4v) is 1.17. The maximum absolute atomic E-state index is 5.64. The molecule has 0 saturated heterocycles. The van der Waals surface area contributed by atoms with E-state index in [2.05, 4.69) is 4.98 Å². The monoisotopic (exact) mass is 159 g/mol. The number of pyridine rings is 1. The summed E-state index contributed by atoms with van der Waals surface area (Å²) in [4.78, 5) is 3.99. The van der Waals surface area contributed by atoms with Crippen LogP contribution in [0.1, 0.15) is 0 Å². The zero-order chi connectivity index (χ0) is 8.55. The molecule has 3 nitrogen and oxygen atoms in total. The Morgan fingerprint density at radius 2 is 1.67 bits per heavy atom. The Hall–Kier alpha value is -1.77. The van der Waals surface area contributed by atoms with Crippen LogP contribution < -0.4 is 11.5 Å². The minimum Gasteiger partial charge on any atom is -0.397 e. The van der Waals surface area contributed by atoms with Crippen LogP contribution in [0.5, 0.6) is 0 Å². The third kappa shape index (κ3) is 0.955. The van der Waals surface area contributed by atoms with Crippen LogP contribution in [0.25, 0.3) is 10.8 Å². The molecule has 0 saturated carbocycles. The molecule has 1 aromatic heterocycles. The molecule has 0 bridgehead atoms. The number of aromatic nitrogens is 1. The van der Waals surface area contributed by atoms with Crippen LogP contribution in [0, 0.1) is 0 Å². The third-order valence-electron chi connectivity index (χ3n) is 1.84. The third-order valence-corrected chi connectivity index (χ3v) is 1.84. The second-order valence-electron chi connectivity index (χ2n) is 2.70. The smallest absolute Gasteiger partial charge is 0.0554 e. The second-order valence-corrected chi connectivity index (χ2v) is 2.70. The molecule has 0 aliphatic heterocycles. The highest BCUT2D eigenvalue weighted by atomic mass is 14.7. The SMILES string of the molecule is Nc1cc2ccncc2cc1N. The topological polar surface area (TPSA) is 64.9 Å². The summed E-state index contributed by atoms with van der Waals surface area (Å²) in [6, 6.07) is 5.59. The molecule has 0 spiro atoms. The van der Waals surface area contributed by atoms with E-state index in [9.17, 15) is 0 Å². The lowest BCUT2D eigenvalue weighted by Crippen LogP contribution is -1.93. The molecule has 2 aromatic rings. The molecule has 12 heavy (non-hydrogen) atoms. The zero-order valence-corrected chi connectivity index (χ0v) is 6.49. The van der Waals surface area contributed by atoms with Crippen molar-refractivity contribution >= 4 is 22.1 Å². The van der Waals surface area contributed by atoms with Gasteiger partial charge in [-0.1, -0.05) is 0 Å². The van der Waals surface area contributed by atoms with Crippen molar-refractivity contribution in [3.05, 3.63) is 30.6 Å². The number of nitrogens with zero attached hydrogens (tertiary/aromatic N) is 1. The summed E-state index contributed by atoms with van der Waals surface area (Å²) >= 11 is 0. The molecular weight excluding hydrogens is 150 g/mol. The van der Waals surface area contributed by atoms with Gasteiger partial charge in [0.05, 0.1) is 11.4 Å². The molecule has 0 aliphatic carbocycles. The summed E-state index contributed by atoms with van der Waals surface area (Å²) in [6.45, 7) is 0. The Bertz CT molecular complexity index is 383. The molecule has 0 unspecified atom stereocenters. The summed E-state index contributed by atoms with van der Waals surface area (Å²) in [5, 5.41) is 2.08. The van der Waals surface area contributed by atoms with E-state index in [4.69, 9.17) is 11.5 Å². The quantitative estimate of drug-likeness (QED) is 0.571. The molecule has 1 heterocycles. The number of rotatable bonds is 0. The van der Waals surface area contributed by atoms with E-state index in [0.29, 0.717) is 11.4 Å². The molecule has 1 aromatic carbocycles. The summed E-state index contributed by atoms with van der Waals surface area (Å²) in [5.41, 5.74) is 12.5. The van der Waals surface area contributed by atoms with Crippen LogP contribution in [0.4, 0.5) is 11.4 Å². The lowest BCUT2D eigenvalue weighted by atomic mass is 10.1. The predicted molar refractivity (Wildman–Crippen MR) is 50.6 cm³/mol. The minimum atomic E-state index is 0.607. The van der Waals surface area contributed by atoms with Gasteiger partial charge in [0, 0.05) is 17.8 Å². The van der Waals surface area contributed by atoms with Gasteiger partial charge in [-0.05, 0) is 23.6 Å². The predicted octanol–water partition coefficient (Wildman–Crippen LogP) is 1.40. The van der Waals surface area contributed by atoms with Crippen LogP contribution in [-0.4, -0.2) is 4.98 Å². The van der Waals surface area contributed by atoms with Gasteiger partial charge < -0.3 is 11.5 Å². The molecule has 60 valence electrons. The summed E-state index contributed by atoms with van der Waals surface area (Å²) < 4.78 is 0. The van der Waals surface area contributed by atoms with Crippen molar-refractivity contribution in [1.29, 1.82) is 0 Å². The van der Waals surface area contributed by atoms with Crippen molar-refractivity contribution < 1.29 is 0 Å². The van der Waals surface area contributed by atoms with Crippen molar-refractivity contribution in [3.8, 4) is 0 Å². The van der Waals surface area contributed by atoms with E-state index in [0.717, 1.165) is 10.8 Å². The van der Waals surface area contributed by atoms with Crippen LogP contribution in [0.2, 0.25) is 0 Å². The van der Waals surface area contributed by atoms with E-state index in [1.807, 2.05) is 18.2 Å². The van der Waals surface area contributed by atoms with Crippen molar-refractivity contribution in [1.82, 2.24) is 4.98 Å². The highest BCUT2D eigenvalue weighted by Crippen LogP contribution is 2.22. The van der Waals surface area contributed by atoms with Gasteiger partial charge in [0.25, 0.3) is 0 Å². The van der Waals surface area contributed by atoms with Crippen LogP contribution in [0.15, 0.2) is 30.6 Å². The Kier molecular flexibility index (Phi) is 1.37. The number of benzene rings is 1. The van der Waals surface area contributed by atoms with E-state index < -0.39 is 0 Å². The van der Waals surface area contributed by atoms with Gasteiger partial charge in [-0.15, -0.1) is 0 Å². The van der Waals surface area contributed by atoms with E-state index in [1.54, 1.807) is 12.4 Å². The van der Waals surface area contributed by atoms with Gasteiger partial charge >= 0.3 is 0 Å². The standard InChI is InChI=1S/C9H9N3/c10-8-3-6-1-2-12-5-7(6)4-9(8)11/h1-5H,10-11H2. The minimum absolute atomic E-state index is 0.607. The number of hydrogen-bond donors (Lipinski definition) is 2. The average molecular weight is 159 g/mol. The number of anilines is 2. The summed E-state index contributed by atoms with van der Waals surface area (Å²) in [5.74, 6) is 0. The highest BCUT2D eigenvalue weighted by Gasteiger charge is 1.97. The van der Waals surface area contributed by atoms with Crippen molar-refractivity contribution in [2.24, 2.45) is 0 Å². The largest absolute Gasteiger partial charge is 0.397 e. The van der Waals surface area contributed by atoms with Crippen LogP contribution in [0.3, 0.4) is 0 Å². The average Bonchev–Trinajstić information content (AvgIpc) is 2.07. The Balaban J connectivity index is 2.84. The Morgan fingerprint density at radius 1 is 1.00 bits per heavy atom. The molecule has 3 heteroatoms. The van der Waals surface area contributed by atoms with Gasteiger partial charge in [0.15, 0.2) is 0 Å². The lowest BCUT2D eigenvalue weighted by molar-refractivity contribution is 1.36. The number of hydrogen-bond acceptors (Lipinski definition) is 3. The summed E-state index contributed by atoms with van der Waals surface area (Å²) in [6.07, 6.45) is 3.50. The van der Waals surface area contributed by atoms with Crippen molar-refractivity contribution in [2.75, 3.05) is 11.5 Å². The molecule has 0 fully saturated rings. The van der Waals surface area contributed by atoms with Gasteiger partial charge in [-0.3, -0.25) is 4.98 Å². The first kappa shape index (κ1) is 6.91. The number of nitrogens with two attached hydrogens (primary N) is 2. The maximum atomic E-state index is 5.64. The zero-order valence-electron chi connectivity index (χ0n) is 6.49. The Labute approximate surface area is 70.0 Å². The maximum Gasteiger partial charge on any atom is 0.0554 e. The second kappa shape index (κ2) is 2.37. The first-order valence-corrected chi connectivity index (χ1v) is 3.66. The fraction of sp³-hybridized carbons (Fsp3) is 0.